The van der Waals surface area contributed by atoms with Gasteiger partial charge in [0, 0.05) is 12.0 Å². The van der Waals surface area contributed by atoms with E-state index in [1.54, 1.807) is 6.92 Å². The maximum absolute atomic E-state index is 9.27. The average molecular weight is 216 g/mol. The molecule has 0 amide bonds. The highest BCUT2D eigenvalue weighted by atomic mass is 16.3. The van der Waals surface area contributed by atoms with Gasteiger partial charge in [-0.25, -0.2) is 0 Å². The van der Waals surface area contributed by atoms with Crippen molar-refractivity contribution in [2.75, 3.05) is 0 Å². The number of hydrogen-bond donors (Lipinski definition) is 1. The molecule has 0 fully saturated rings. The maximum Gasteiger partial charge on any atom is 0.134 e. The number of aryl methyl sites for hydroxylation is 1. The van der Waals surface area contributed by atoms with Crippen LogP contribution >= 0.6 is 0 Å². The number of hydrogen-bond acceptors (Lipinski definition) is 2. The van der Waals surface area contributed by atoms with Gasteiger partial charge in [-0.2, -0.15) is 0 Å². The van der Waals surface area contributed by atoms with Crippen LogP contribution in [-0.2, 0) is 6.42 Å². The van der Waals surface area contributed by atoms with Gasteiger partial charge in [0.1, 0.15) is 11.5 Å². The Hall–Kier alpha value is -1.54. The molecular weight excluding hydrogens is 200 g/mol. The molecule has 1 heterocycles. The van der Waals surface area contributed by atoms with Crippen molar-refractivity contribution < 1.29 is 9.52 Å². The van der Waals surface area contributed by atoms with Crippen molar-refractivity contribution in [3.63, 3.8) is 0 Å². The Kier molecular flexibility index (Phi) is 3.11. The monoisotopic (exact) mass is 216 g/mol. The van der Waals surface area contributed by atoms with E-state index in [1.165, 1.54) is 5.56 Å². The Bertz CT molecular complexity index is 469. The van der Waals surface area contributed by atoms with Crippen molar-refractivity contribution in [1.29, 1.82) is 0 Å². The van der Waals surface area contributed by atoms with Gasteiger partial charge in [-0.3, -0.25) is 0 Å². The van der Waals surface area contributed by atoms with Crippen molar-refractivity contribution >= 4 is 0 Å². The maximum atomic E-state index is 9.27. The second-order valence-corrected chi connectivity index (χ2v) is 4.19. The zero-order valence-electron chi connectivity index (χ0n) is 9.60. The van der Waals surface area contributed by atoms with Crippen molar-refractivity contribution in [1.82, 2.24) is 0 Å². The van der Waals surface area contributed by atoms with Gasteiger partial charge in [0.2, 0.25) is 0 Å². The standard InChI is InChI=1S/C14H16O2/c1-10-4-3-5-12(8-10)14-7-6-13(16-14)9-11(2)15/h3-8,11,15H,9H2,1-2H3. The van der Waals surface area contributed by atoms with Gasteiger partial charge in [-0.15, -0.1) is 0 Å². The van der Waals surface area contributed by atoms with Crippen LogP contribution in [0.25, 0.3) is 11.3 Å². The molecule has 0 saturated carbocycles. The summed E-state index contributed by atoms with van der Waals surface area (Å²) >= 11 is 0. The fourth-order valence-corrected chi connectivity index (χ4v) is 1.73. The molecule has 0 aliphatic carbocycles. The molecule has 0 saturated heterocycles. The number of aliphatic hydroxyl groups is 1. The molecule has 1 aromatic heterocycles. The molecule has 1 aromatic carbocycles. The molecule has 84 valence electrons. The zero-order valence-corrected chi connectivity index (χ0v) is 9.60. The third kappa shape index (κ3) is 2.52. The second-order valence-electron chi connectivity index (χ2n) is 4.19. The van der Waals surface area contributed by atoms with E-state index in [0.717, 1.165) is 17.1 Å². The third-order valence-electron chi connectivity index (χ3n) is 2.46. The third-order valence-corrected chi connectivity index (χ3v) is 2.46. The minimum Gasteiger partial charge on any atom is -0.461 e. The van der Waals surface area contributed by atoms with Crippen LogP contribution in [0.3, 0.4) is 0 Å². The molecule has 2 rings (SSSR count). The van der Waals surface area contributed by atoms with E-state index in [0.29, 0.717) is 6.42 Å². The Morgan fingerprint density at radius 3 is 2.75 bits per heavy atom. The summed E-state index contributed by atoms with van der Waals surface area (Å²) in [5.41, 5.74) is 2.29. The molecular formula is C14H16O2. The predicted octanol–water partition coefficient (Wildman–Crippen LogP) is 3.18. The molecule has 2 aromatic rings. The summed E-state index contributed by atoms with van der Waals surface area (Å²) in [6, 6.07) is 12.1. The molecule has 0 aliphatic rings. The van der Waals surface area contributed by atoms with Gasteiger partial charge in [-0.05, 0) is 32.0 Å². The van der Waals surface area contributed by atoms with Gasteiger partial charge < -0.3 is 9.52 Å². The second kappa shape index (κ2) is 4.54. The lowest BCUT2D eigenvalue weighted by Gasteiger charge is -2.01. The average Bonchev–Trinajstić information content (AvgIpc) is 2.65. The van der Waals surface area contributed by atoms with Gasteiger partial charge >= 0.3 is 0 Å². The summed E-state index contributed by atoms with van der Waals surface area (Å²) in [7, 11) is 0. The molecule has 2 nitrogen and oxygen atoms in total. The van der Waals surface area contributed by atoms with E-state index >= 15 is 0 Å². The lowest BCUT2D eigenvalue weighted by Crippen LogP contribution is -2.02. The van der Waals surface area contributed by atoms with Crippen LogP contribution in [0.1, 0.15) is 18.2 Å². The van der Waals surface area contributed by atoms with Crippen molar-refractivity contribution in [3.05, 3.63) is 47.7 Å². The van der Waals surface area contributed by atoms with Crippen molar-refractivity contribution in [2.45, 2.75) is 26.4 Å². The zero-order chi connectivity index (χ0) is 11.5. The van der Waals surface area contributed by atoms with Crippen LogP contribution in [0.2, 0.25) is 0 Å². The summed E-state index contributed by atoms with van der Waals surface area (Å²) in [5, 5.41) is 9.27. The van der Waals surface area contributed by atoms with E-state index < -0.39 is 0 Å². The number of aliphatic hydroxyl groups excluding tert-OH is 1. The number of furan rings is 1. The van der Waals surface area contributed by atoms with Crippen LogP contribution in [0.5, 0.6) is 0 Å². The first kappa shape index (κ1) is 11.0. The van der Waals surface area contributed by atoms with Crippen LogP contribution in [0.4, 0.5) is 0 Å². The Morgan fingerprint density at radius 2 is 2.06 bits per heavy atom. The number of rotatable bonds is 3. The lowest BCUT2D eigenvalue weighted by atomic mass is 10.1. The predicted molar refractivity (Wildman–Crippen MR) is 64.3 cm³/mol. The van der Waals surface area contributed by atoms with Gasteiger partial charge in [0.25, 0.3) is 0 Å². The smallest absolute Gasteiger partial charge is 0.134 e. The topological polar surface area (TPSA) is 33.4 Å². The van der Waals surface area contributed by atoms with Gasteiger partial charge in [0.05, 0.1) is 6.10 Å². The highest BCUT2D eigenvalue weighted by molar-refractivity contribution is 5.58. The first-order valence-electron chi connectivity index (χ1n) is 5.49. The first-order valence-corrected chi connectivity index (χ1v) is 5.49. The van der Waals surface area contributed by atoms with E-state index in [1.807, 2.05) is 24.3 Å². The normalized spacial score (nSPS) is 12.7. The molecule has 0 aliphatic heterocycles. The van der Waals surface area contributed by atoms with Crippen molar-refractivity contribution in [2.24, 2.45) is 0 Å². The largest absolute Gasteiger partial charge is 0.461 e. The van der Waals surface area contributed by atoms with Crippen molar-refractivity contribution in [3.8, 4) is 11.3 Å². The first-order chi connectivity index (χ1) is 7.65. The lowest BCUT2D eigenvalue weighted by molar-refractivity contribution is 0.187. The SMILES string of the molecule is Cc1cccc(-c2ccc(CC(C)O)o2)c1. The summed E-state index contributed by atoms with van der Waals surface area (Å²) in [4.78, 5) is 0. The summed E-state index contributed by atoms with van der Waals surface area (Å²) in [5.74, 6) is 1.69. The van der Waals surface area contributed by atoms with E-state index in [-0.39, 0.29) is 6.10 Å². The Morgan fingerprint density at radius 1 is 1.25 bits per heavy atom. The molecule has 1 unspecified atom stereocenters. The highest BCUT2D eigenvalue weighted by Gasteiger charge is 2.06. The fourth-order valence-electron chi connectivity index (χ4n) is 1.73. The Labute approximate surface area is 95.5 Å². The number of benzene rings is 1. The van der Waals surface area contributed by atoms with Crippen LogP contribution in [0, 0.1) is 6.92 Å². The van der Waals surface area contributed by atoms with Crippen LogP contribution < -0.4 is 0 Å². The highest BCUT2D eigenvalue weighted by Crippen LogP contribution is 2.23. The molecule has 1 N–H and O–H groups in total. The fraction of sp³-hybridized carbons (Fsp3) is 0.286. The summed E-state index contributed by atoms with van der Waals surface area (Å²) in [6.45, 7) is 3.82. The van der Waals surface area contributed by atoms with Gasteiger partial charge in [0.15, 0.2) is 0 Å². The molecule has 0 radical (unpaired) electrons. The molecule has 0 spiro atoms. The molecule has 16 heavy (non-hydrogen) atoms. The van der Waals surface area contributed by atoms with E-state index in [9.17, 15) is 5.11 Å². The molecule has 2 heteroatoms. The molecule has 0 bridgehead atoms. The van der Waals surface area contributed by atoms with Gasteiger partial charge in [-0.1, -0.05) is 23.8 Å². The summed E-state index contributed by atoms with van der Waals surface area (Å²) < 4.78 is 5.68. The molecule has 1 atom stereocenters. The van der Waals surface area contributed by atoms with Crippen LogP contribution in [-0.4, -0.2) is 11.2 Å². The minimum atomic E-state index is -0.364. The van der Waals surface area contributed by atoms with E-state index in [2.05, 4.69) is 19.1 Å². The van der Waals surface area contributed by atoms with Crippen LogP contribution in [0.15, 0.2) is 40.8 Å². The minimum absolute atomic E-state index is 0.364. The Balaban J connectivity index is 2.24. The quantitative estimate of drug-likeness (QED) is 0.854. The summed E-state index contributed by atoms with van der Waals surface area (Å²) in [6.07, 6.45) is 0.197. The van der Waals surface area contributed by atoms with E-state index in [4.69, 9.17) is 4.42 Å².